The summed E-state index contributed by atoms with van der Waals surface area (Å²) in [5.41, 5.74) is 0. The highest BCUT2D eigenvalue weighted by atomic mass is 19.1. The molecule has 0 aromatic rings. The van der Waals surface area contributed by atoms with Crippen molar-refractivity contribution in [1.29, 1.82) is 0 Å². The molecule has 8 atom stereocenters. The lowest BCUT2D eigenvalue weighted by molar-refractivity contribution is -0.136. The number of allylic oxidation sites excluding steroid dienone is 1. The van der Waals surface area contributed by atoms with Gasteiger partial charge >= 0.3 is 5.97 Å². The van der Waals surface area contributed by atoms with Crippen molar-refractivity contribution in [2.24, 2.45) is 11.8 Å². The number of fused-ring (bicyclic) bond motifs is 1. The van der Waals surface area contributed by atoms with E-state index in [1.807, 2.05) is 6.92 Å². The maximum absolute atomic E-state index is 14.9. The molecule has 2 fully saturated rings. The van der Waals surface area contributed by atoms with Crippen LogP contribution in [0.15, 0.2) is 12.2 Å². The molecular formula is C20H32F2O5. The number of halogens is 2. The molecule has 156 valence electrons. The maximum atomic E-state index is 14.9. The van der Waals surface area contributed by atoms with E-state index in [1.165, 1.54) is 0 Å². The van der Waals surface area contributed by atoms with Crippen LogP contribution in [0.1, 0.15) is 58.3 Å². The third-order valence-electron chi connectivity index (χ3n) is 5.80. The molecule has 0 spiro atoms. The second-order valence-corrected chi connectivity index (χ2v) is 7.79. The molecule has 0 amide bonds. The number of carbonyl (C=O) groups is 1. The number of carboxylic acid groups (broad SMARTS) is 1. The first-order valence-electron chi connectivity index (χ1n) is 10.0. The van der Waals surface area contributed by atoms with Gasteiger partial charge in [-0.25, -0.2) is 8.78 Å². The third kappa shape index (κ3) is 5.96. The lowest BCUT2D eigenvalue weighted by Crippen LogP contribution is -2.31. The molecule has 3 N–H and O–H groups in total. The highest BCUT2D eigenvalue weighted by Gasteiger charge is 2.54. The minimum Gasteiger partial charge on any atom is -0.481 e. The van der Waals surface area contributed by atoms with Gasteiger partial charge in [-0.1, -0.05) is 31.9 Å². The van der Waals surface area contributed by atoms with Gasteiger partial charge in [0.2, 0.25) is 0 Å². The molecule has 0 bridgehead atoms. The summed E-state index contributed by atoms with van der Waals surface area (Å²) in [6.45, 7) is 1.96. The molecular weight excluding hydrogens is 358 g/mol. The standard InChI is InChI=1S/C20H32F2O5/c1-2-3-6-13(21)14(23)10-9-12-15(24)11-17-19(12)20(22)16(27-17)7-4-5-8-18(25)26/h4,7,12-17,19-20,23-24H,2-3,5-6,8-11H2,1H3,(H,25,26)/t12-,13?,14?,15?,16?,17?,19+,20?/m0/s1. The minimum absolute atomic E-state index is 0.0192. The highest BCUT2D eigenvalue weighted by molar-refractivity contribution is 5.66. The third-order valence-corrected chi connectivity index (χ3v) is 5.80. The zero-order valence-corrected chi connectivity index (χ0v) is 15.8. The van der Waals surface area contributed by atoms with Gasteiger partial charge in [0.05, 0.1) is 18.3 Å². The minimum atomic E-state index is -1.29. The quantitative estimate of drug-likeness (QED) is 0.472. The monoisotopic (exact) mass is 390 g/mol. The number of unbranched alkanes of at least 4 members (excludes halogenated alkanes) is 1. The maximum Gasteiger partial charge on any atom is 0.303 e. The van der Waals surface area contributed by atoms with Crippen LogP contribution in [-0.2, 0) is 9.53 Å². The predicted octanol–water partition coefficient (Wildman–Crippen LogP) is 3.18. The second-order valence-electron chi connectivity index (χ2n) is 7.79. The number of aliphatic hydroxyl groups is 2. The summed E-state index contributed by atoms with van der Waals surface area (Å²) < 4.78 is 34.5. The fourth-order valence-corrected chi connectivity index (χ4v) is 4.29. The highest BCUT2D eigenvalue weighted by Crippen LogP contribution is 2.47. The molecule has 2 rings (SSSR count). The molecule has 0 aromatic heterocycles. The Labute approximate surface area is 159 Å². The SMILES string of the molecule is CCCCC(F)C(O)CC[C@H]1C(O)CC2OC(C=CCCC(=O)O)C(F)[C@@H]21. The van der Waals surface area contributed by atoms with Crippen LogP contribution in [-0.4, -0.2) is 58.0 Å². The molecule has 1 aliphatic heterocycles. The summed E-state index contributed by atoms with van der Waals surface area (Å²) in [5, 5.41) is 28.9. The summed E-state index contributed by atoms with van der Waals surface area (Å²) in [6, 6.07) is 0. The van der Waals surface area contributed by atoms with Crippen molar-refractivity contribution in [2.45, 2.75) is 95.0 Å². The van der Waals surface area contributed by atoms with Crippen LogP contribution >= 0.6 is 0 Å². The fraction of sp³-hybridized carbons (Fsp3) is 0.850. The van der Waals surface area contributed by atoms with Crippen LogP contribution in [0.25, 0.3) is 0 Å². The smallest absolute Gasteiger partial charge is 0.303 e. The normalized spacial score (nSPS) is 35.4. The van der Waals surface area contributed by atoms with Crippen LogP contribution < -0.4 is 0 Å². The van der Waals surface area contributed by atoms with E-state index in [-0.39, 0.29) is 18.8 Å². The average Bonchev–Trinajstić information content (AvgIpc) is 3.09. The lowest BCUT2D eigenvalue weighted by atomic mass is 9.84. The number of carboxylic acids is 1. The van der Waals surface area contributed by atoms with E-state index < -0.39 is 48.6 Å². The van der Waals surface area contributed by atoms with Crippen molar-refractivity contribution >= 4 is 5.97 Å². The van der Waals surface area contributed by atoms with Gasteiger partial charge in [0.25, 0.3) is 0 Å². The molecule has 2 aliphatic rings. The van der Waals surface area contributed by atoms with Gasteiger partial charge in [0.1, 0.15) is 18.4 Å². The van der Waals surface area contributed by atoms with Gasteiger partial charge in [-0.15, -0.1) is 0 Å². The Balaban J connectivity index is 1.86. The van der Waals surface area contributed by atoms with E-state index in [0.29, 0.717) is 32.1 Å². The zero-order valence-electron chi connectivity index (χ0n) is 15.8. The number of ether oxygens (including phenoxy) is 1. The first kappa shape index (κ1) is 22.2. The largest absolute Gasteiger partial charge is 0.481 e. The van der Waals surface area contributed by atoms with Crippen LogP contribution in [0.2, 0.25) is 0 Å². The molecule has 1 saturated heterocycles. The Morgan fingerprint density at radius 3 is 2.78 bits per heavy atom. The van der Waals surface area contributed by atoms with E-state index in [0.717, 1.165) is 6.42 Å². The molecule has 5 nitrogen and oxygen atoms in total. The number of hydrogen-bond donors (Lipinski definition) is 3. The summed E-state index contributed by atoms with van der Waals surface area (Å²) in [4.78, 5) is 10.5. The van der Waals surface area contributed by atoms with Gasteiger partial charge in [0, 0.05) is 18.8 Å². The Bertz CT molecular complexity index is 501. The van der Waals surface area contributed by atoms with E-state index in [9.17, 15) is 23.8 Å². The van der Waals surface area contributed by atoms with Gasteiger partial charge in [0.15, 0.2) is 0 Å². The van der Waals surface area contributed by atoms with Crippen LogP contribution in [0.5, 0.6) is 0 Å². The predicted molar refractivity (Wildman–Crippen MR) is 96.8 cm³/mol. The van der Waals surface area contributed by atoms with Crippen LogP contribution in [0.4, 0.5) is 8.78 Å². The molecule has 0 aromatic carbocycles. The number of hydrogen-bond acceptors (Lipinski definition) is 4. The van der Waals surface area contributed by atoms with Crippen molar-refractivity contribution < 1.29 is 33.6 Å². The second kappa shape index (κ2) is 10.5. The van der Waals surface area contributed by atoms with Crippen molar-refractivity contribution in [3.8, 4) is 0 Å². The van der Waals surface area contributed by atoms with Crippen LogP contribution in [0, 0.1) is 11.8 Å². The van der Waals surface area contributed by atoms with E-state index in [4.69, 9.17) is 9.84 Å². The first-order chi connectivity index (χ1) is 12.8. The molecule has 1 aliphatic carbocycles. The Morgan fingerprint density at radius 2 is 2.11 bits per heavy atom. The molecule has 27 heavy (non-hydrogen) atoms. The lowest BCUT2D eigenvalue weighted by Gasteiger charge is -2.25. The van der Waals surface area contributed by atoms with Gasteiger partial charge in [-0.3, -0.25) is 4.79 Å². The number of aliphatic hydroxyl groups excluding tert-OH is 2. The Morgan fingerprint density at radius 1 is 1.37 bits per heavy atom. The van der Waals surface area contributed by atoms with Crippen LogP contribution in [0.3, 0.4) is 0 Å². The molecule has 0 radical (unpaired) electrons. The number of alkyl halides is 2. The Kier molecular flexibility index (Phi) is 8.63. The Hall–Kier alpha value is -1.05. The van der Waals surface area contributed by atoms with Crippen molar-refractivity contribution in [3.05, 3.63) is 12.2 Å². The number of aliphatic carboxylic acids is 1. The van der Waals surface area contributed by atoms with Gasteiger partial charge in [-0.2, -0.15) is 0 Å². The topological polar surface area (TPSA) is 87.0 Å². The van der Waals surface area contributed by atoms with Gasteiger partial charge < -0.3 is 20.1 Å². The van der Waals surface area contributed by atoms with E-state index >= 15 is 0 Å². The molecule has 6 unspecified atom stereocenters. The zero-order chi connectivity index (χ0) is 20.0. The van der Waals surface area contributed by atoms with Crippen molar-refractivity contribution in [2.75, 3.05) is 0 Å². The number of rotatable bonds is 11. The van der Waals surface area contributed by atoms with Crippen molar-refractivity contribution in [3.63, 3.8) is 0 Å². The summed E-state index contributed by atoms with van der Waals surface area (Å²) in [7, 11) is 0. The summed E-state index contributed by atoms with van der Waals surface area (Å²) in [5.74, 6) is -1.75. The molecule has 7 heteroatoms. The molecule has 1 heterocycles. The van der Waals surface area contributed by atoms with E-state index in [2.05, 4.69) is 0 Å². The average molecular weight is 390 g/mol. The van der Waals surface area contributed by atoms with Crippen molar-refractivity contribution in [1.82, 2.24) is 0 Å². The van der Waals surface area contributed by atoms with E-state index in [1.54, 1.807) is 12.2 Å². The fourth-order valence-electron chi connectivity index (χ4n) is 4.29. The first-order valence-corrected chi connectivity index (χ1v) is 10.0. The molecule has 1 saturated carbocycles. The summed E-state index contributed by atoms with van der Waals surface area (Å²) >= 11 is 0. The van der Waals surface area contributed by atoms with Gasteiger partial charge in [-0.05, 0) is 31.6 Å². The summed E-state index contributed by atoms with van der Waals surface area (Å²) in [6.07, 6.45) is 0.723.